The van der Waals surface area contributed by atoms with E-state index in [9.17, 15) is 15.2 Å². The molecule has 6 nitrogen and oxygen atoms in total. The van der Waals surface area contributed by atoms with Gasteiger partial charge in [-0.25, -0.2) is 0 Å². The van der Waals surface area contributed by atoms with Gasteiger partial charge in [-0.1, -0.05) is 6.07 Å². The molecule has 0 aliphatic rings. The molecular formula is C10H11NO5. The van der Waals surface area contributed by atoms with Gasteiger partial charge < -0.3 is 14.9 Å². The Morgan fingerprint density at radius 1 is 1.62 bits per heavy atom. The van der Waals surface area contributed by atoms with Crippen LogP contribution >= 0.6 is 0 Å². The van der Waals surface area contributed by atoms with Crippen LogP contribution in [0.2, 0.25) is 0 Å². The fourth-order valence-electron chi connectivity index (χ4n) is 1.13. The Balaban J connectivity index is 3.10. The van der Waals surface area contributed by atoms with Crippen molar-refractivity contribution in [1.29, 1.82) is 0 Å². The van der Waals surface area contributed by atoms with Crippen molar-refractivity contribution in [3.8, 4) is 11.5 Å². The number of rotatable bonds is 4. The third-order valence-electron chi connectivity index (χ3n) is 1.93. The number of methoxy groups -OCH3 is 1. The van der Waals surface area contributed by atoms with Gasteiger partial charge in [0.05, 0.1) is 12.0 Å². The van der Waals surface area contributed by atoms with E-state index in [1.165, 1.54) is 31.4 Å². The molecule has 0 aliphatic carbocycles. The van der Waals surface area contributed by atoms with Crippen LogP contribution in [0.4, 0.5) is 0 Å². The van der Waals surface area contributed by atoms with E-state index >= 15 is 0 Å². The van der Waals surface area contributed by atoms with Gasteiger partial charge in [-0.15, -0.1) is 0 Å². The Morgan fingerprint density at radius 2 is 2.31 bits per heavy atom. The van der Waals surface area contributed by atoms with E-state index in [0.717, 1.165) is 0 Å². The van der Waals surface area contributed by atoms with Crippen LogP contribution in [-0.4, -0.2) is 28.9 Å². The lowest BCUT2D eigenvalue weighted by molar-refractivity contribution is -0.428. The zero-order valence-electron chi connectivity index (χ0n) is 8.58. The van der Waals surface area contributed by atoms with Crippen molar-refractivity contribution in [3.63, 3.8) is 0 Å². The molecule has 2 N–H and O–H groups in total. The van der Waals surface area contributed by atoms with Crippen molar-refractivity contribution in [2.75, 3.05) is 13.7 Å². The summed E-state index contributed by atoms with van der Waals surface area (Å²) in [5.74, 6) is 0.167. The minimum atomic E-state index is -0.667. The highest BCUT2D eigenvalue weighted by atomic mass is 16.6. The Morgan fingerprint density at radius 3 is 2.81 bits per heavy atom. The maximum absolute atomic E-state index is 10.5. The summed E-state index contributed by atoms with van der Waals surface area (Å²) >= 11 is 0. The number of ether oxygens (including phenoxy) is 1. The lowest BCUT2D eigenvalue weighted by Crippen LogP contribution is -2.02. The van der Waals surface area contributed by atoms with Gasteiger partial charge in [-0.2, -0.15) is 0 Å². The van der Waals surface area contributed by atoms with Gasteiger partial charge in [0.25, 0.3) is 5.70 Å². The number of phenolic OH excluding ortho intramolecular Hbond substituents is 1. The van der Waals surface area contributed by atoms with Crippen LogP contribution in [0.1, 0.15) is 5.56 Å². The number of aliphatic hydroxyl groups is 1. The lowest BCUT2D eigenvalue weighted by Gasteiger charge is -2.03. The average Bonchev–Trinajstić information content (AvgIpc) is 2.27. The number of nitrogens with zero attached hydrogens (tertiary/aromatic N) is 1. The second-order valence-corrected chi connectivity index (χ2v) is 2.98. The first-order chi connectivity index (χ1) is 7.58. The Labute approximate surface area is 91.6 Å². The quantitative estimate of drug-likeness (QED) is 0.589. The third kappa shape index (κ3) is 2.71. The molecule has 0 radical (unpaired) electrons. The largest absolute Gasteiger partial charge is 0.504 e. The van der Waals surface area contributed by atoms with E-state index in [1.807, 2.05) is 0 Å². The fraction of sp³-hybridized carbons (Fsp3) is 0.200. The second-order valence-electron chi connectivity index (χ2n) is 2.98. The normalized spacial score (nSPS) is 11.2. The molecule has 0 bridgehead atoms. The standard InChI is InChI=1S/C10H11NO5/c1-16-10-5-7(2-3-9(10)13)4-8(6-12)11(14)15/h2-5,12-13H,6H2,1H3/b8-4-. The number of hydrogen-bond acceptors (Lipinski definition) is 5. The first kappa shape index (κ1) is 12.0. The third-order valence-corrected chi connectivity index (χ3v) is 1.93. The van der Waals surface area contributed by atoms with Crippen molar-refractivity contribution in [2.24, 2.45) is 0 Å². The minimum Gasteiger partial charge on any atom is -0.504 e. The molecule has 6 heteroatoms. The molecule has 0 aliphatic heterocycles. The monoisotopic (exact) mass is 225 g/mol. The maximum Gasteiger partial charge on any atom is 0.271 e. The summed E-state index contributed by atoms with van der Waals surface area (Å²) in [7, 11) is 1.38. The van der Waals surface area contributed by atoms with Gasteiger partial charge in [0, 0.05) is 6.08 Å². The Hall–Kier alpha value is -2.08. The second kappa shape index (κ2) is 5.13. The number of benzene rings is 1. The SMILES string of the molecule is COc1cc(/C=C(/CO)[N+](=O)[O-])ccc1O. The summed E-state index contributed by atoms with van der Waals surface area (Å²) < 4.78 is 4.85. The van der Waals surface area contributed by atoms with Gasteiger partial charge in [-0.05, 0) is 17.7 Å². The summed E-state index contributed by atoms with van der Waals surface area (Å²) in [6.07, 6.45) is 1.21. The average molecular weight is 225 g/mol. The number of aromatic hydroxyl groups is 1. The van der Waals surface area contributed by atoms with Crippen LogP contribution in [0.25, 0.3) is 6.08 Å². The molecule has 0 amide bonds. The molecule has 0 unspecified atom stereocenters. The molecule has 16 heavy (non-hydrogen) atoms. The Kier molecular flexibility index (Phi) is 3.84. The molecule has 0 heterocycles. The zero-order chi connectivity index (χ0) is 12.1. The molecular weight excluding hydrogens is 214 g/mol. The number of phenols is 1. The molecule has 0 saturated carbocycles. The molecule has 0 spiro atoms. The summed E-state index contributed by atoms with van der Waals surface area (Å²) in [5, 5.41) is 28.5. The van der Waals surface area contributed by atoms with E-state index in [0.29, 0.717) is 5.56 Å². The highest BCUT2D eigenvalue weighted by molar-refractivity contribution is 5.56. The maximum atomic E-state index is 10.5. The van der Waals surface area contributed by atoms with Crippen LogP contribution < -0.4 is 4.74 Å². The molecule has 0 fully saturated rings. The predicted octanol–water partition coefficient (Wildman–Crippen LogP) is 1.01. The highest BCUT2D eigenvalue weighted by Gasteiger charge is 2.09. The molecule has 1 aromatic rings. The van der Waals surface area contributed by atoms with Gasteiger partial charge in [-0.3, -0.25) is 10.1 Å². The summed E-state index contributed by atoms with van der Waals surface area (Å²) in [5.41, 5.74) is 0.142. The smallest absolute Gasteiger partial charge is 0.271 e. The van der Waals surface area contributed by atoms with Crippen LogP contribution in [0.5, 0.6) is 11.5 Å². The van der Waals surface area contributed by atoms with E-state index in [-0.39, 0.29) is 17.2 Å². The van der Waals surface area contributed by atoms with Gasteiger partial charge in [0.2, 0.25) is 0 Å². The van der Waals surface area contributed by atoms with E-state index in [4.69, 9.17) is 9.84 Å². The Bertz CT molecular complexity index is 427. The first-order valence-corrected chi connectivity index (χ1v) is 4.41. The minimum absolute atomic E-state index is 0.0497. The van der Waals surface area contributed by atoms with Crippen LogP contribution in [0.15, 0.2) is 23.9 Å². The van der Waals surface area contributed by atoms with Crippen molar-refractivity contribution < 1.29 is 19.9 Å². The lowest BCUT2D eigenvalue weighted by atomic mass is 10.1. The first-order valence-electron chi connectivity index (χ1n) is 4.41. The molecule has 86 valence electrons. The topological polar surface area (TPSA) is 92.8 Å². The van der Waals surface area contributed by atoms with Crippen LogP contribution in [0.3, 0.4) is 0 Å². The van der Waals surface area contributed by atoms with E-state index < -0.39 is 11.5 Å². The van der Waals surface area contributed by atoms with E-state index in [2.05, 4.69) is 0 Å². The summed E-state index contributed by atoms with van der Waals surface area (Å²) in [4.78, 5) is 9.79. The fourth-order valence-corrected chi connectivity index (χ4v) is 1.13. The van der Waals surface area contributed by atoms with Crippen molar-refractivity contribution >= 4 is 6.08 Å². The van der Waals surface area contributed by atoms with Gasteiger partial charge in [0.15, 0.2) is 11.5 Å². The predicted molar refractivity (Wildman–Crippen MR) is 56.7 cm³/mol. The molecule has 0 saturated heterocycles. The molecule has 0 atom stereocenters. The molecule has 1 aromatic carbocycles. The zero-order valence-corrected chi connectivity index (χ0v) is 8.58. The number of hydrogen-bond donors (Lipinski definition) is 2. The summed E-state index contributed by atoms with van der Waals surface area (Å²) in [6.45, 7) is -0.657. The van der Waals surface area contributed by atoms with Crippen LogP contribution in [0, 0.1) is 10.1 Å². The van der Waals surface area contributed by atoms with Gasteiger partial charge >= 0.3 is 0 Å². The summed E-state index contributed by atoms with van der Waals surface area (Å²) in [6, 6.07) is 4.28. The highest BCUT2D eigenvalue weighted by Crippen LogP contribution is 2.27. The molecule has 0 aromatic heterocycles. The van der Waals surface area contributed by atoms with Crippen LogP contribution in [-0.2, 0) is 0 Å². The van der Waals surface area contributed by atoms with Crippen molar-refractivity contribution in [1.82, 2.24) is 0 Å². The number of aliphatic hydroxyl groups excluding tert-OH is 1. The molecule has 1 rings (SSSR count). The van der Waals surface area contributed by atoms with E-state index in [1.54, 1.807) is 0 Å². The van der Waals surface area contributed by atoms with Crippen molar-refractivity contribution in [2.45, 2.75) is 0 Å². The van der Waals surface area contributed by atoms with Crippen molar-refractivity contribution in [3.05, 3.63) is 39.6 Å². The van der Waals surface area contributed by atoms with Gasteiger partial charge in [0.1, 0.15) is 6.61 Å². The number of nitro groups is 1.